The van der Waals surface area contributed by atoms with E-state index in [-0.39, 0.29) is 80.9 Å². The summed E-state index contributed by atoms with van der Waals surface area (Å²) in [6, 6.07) is 0. The number of alkyl halides is 6. The quantitative estimate of drug-likeness (QED) is 0.308. The lowest BCUT2D eigenvalue weighted by Crippen LogP contribution is -2.26. The highest BCUT2D eigenvalue weighted by molar-refractivity contribution is 9.10. The van der Waals surface area contributed by atoms with Crippen molar-refractivity contribution < 1.29 is 45.8 Å². The van der Waals surface area contributed by atoms with E-state index in [0.29, 0.717) is 13.1 Å². The van der Waals surface area contributed by atoms with Crippen LogP contribution in [0.2, 0.25) is 0 Å². The Morgan fingerprint density at radius 2 is 1.47 bits per heavy atom. The van der Waals surface area contributed by atoms with Gasteiger partial charge in [-0.15, -0.1) is 0 Å². The van der Waals surface area contributed by atoms with Crippen molar-refractivity contribution >= 4 is 49.6 Å². The van der Waals surface area contributed by atoms with Crippen LogP contribution in [0.25, 0.3) is 0 Å². The van der Waals surface area contributed by atoms with E-state index in [0.717, 1.165) is 6.08 Å². The van der Waals surface area contributed by atoms with E-state index in [1.54, 1.807) is 0 Å². The fourth-order valence-corrected chi connectivity index (χ4v) is 4.43. The standard InChI is InChI=1S/C7H10BrF2NO2.C6H8BrF2NO.C6H7F2NO/c8-7(9,10)2-5-1-6(13)11(3-5)4-12;7-6(8,9)2-4-1-5(11)10-3-4;7-5(8)1-4-2-6(10)9-3-4/h5,12H,1-4H2;4H,1-3H2,(H,10,11);1,4H,2-3H2,(H,9,10). The van der Waals surface area contributed by atoms with Crippen LogP contribution in [0.3, 0.4) is 0 Å². The van der Waals surface area contributed by atoms with Crippen LogP contribution < -0.4 is 10.6 Å². The monoisotopic (exact) mass is 631 g/mol. The third-order valence-electron chi connectivity index (χ3n) is 4.94. The maximum Gasteiger partial charge on any atom is 0.301 e. The van der Waals surface area contributed by atoms with Crippen LogP contribution in [-0.2, 0) is 14.4 Å². The topological polar surface area (TPSA) is 98.7 Å². The van der Waals surface area contributed by atoms with Gasteiger partial charge in [-0.2, -0.15) is 26.3 Å². The zero-order valence-corrected chi connectivity index (χ0v) is 21.0. The highest BCUT2D eigenvalue weighted by Gasteiger charge is 2.36. The summed E-state index contributed by atoms with van der Waals surface area (Å²) in [6.45, 7) is 0.551. The molecule has 34 heavy (non-hydrogen) atoms. The van der Waals surface area contributed by atoms with E-state index in [2.05, 4.69) is 42.5 Å². The summed E-state index contributed by atoms with van der Waals surface area (Å²) >= 11 is 4.46. The first-order valence-corrected chi connectivity index (χ1v) is 11.7. The maximum absolute atomic E-state index is 12.5. The van der Waals surface area contributed by atoms with Crippen molar-refractivity contribution in [3.05, 3.63) is 12.2 Å². The third-order valence-corrected chi connectivity index (χ3v) is 5.59. The van der Waals surface area contributed by atoms with Gasteiger partial charge in [0.15, 0.2) is 0 Å². The molecule has 0 spiro atoms. The molecule has 3 N–H and O–H groups in total. The lowest BCUT2D eigenvalue weighted by atomic mass is 10.1. The zero-order valence-electron chi connectivity index (χ0n) is 17.8. The first kappa shape index (κ1) is 30.7. The van der Waals surface area contributed by atoms with Gasteiger partial charge in [-0.05, 0) is 49.8 Å². The molecule has 7 nitrogen and oxygen atoms in total. The van der Waals surface area contributed by atoms with E-state index in [4.69, 9.17) is 5.11 Å². The minimum atomic E-state index is -2.91. The van der Waals surface area contributed by atoms with Crippen LogP contribution in [0.15, 0.2) is 12.2 Å². The van der Waals surface area contributed by atoms with E-state index in [9.17, 15) is 40.7 Å². The van der Waals surface area contributed by atoms with Gasteiger partial charge in [-0.3, -0.25) is 14.4 Å². The molecule has 0 aliphatic carbocycles. The number of nitrogens with zero attached hydrogens (tertiary/aromatic N) is 1. The first-order valence-electron chi connectivity index (χ1n) is 10.2. The molecule has 3 atom stereocenters. The Hall–Kier alpha value is -1.35. The van der Waals surface area contributed by atoms with Crippen molar-refractivity contribution in [3.63, 3.8) is 0 Å². The summed E-state index contributed by atoms with van der Waals surface area (Å²) in [5, 5.41) is 13.6. The second-order valence-corrected chi connectivity index (χ2v) is 10.4. The number of rotatable bonds is 6. The average molecular weight is 633 g/mol. The highest BCUT2D eigenvalue weighted by Crippen LogP contribution is 2.34. The number of nitrogens with one attached hydrogen (secondary N) is 2. The smallest absolute Gasteiger partial charge is 0.301 e. The molecule has 3 unspecified atom stereocenters. The minimum absolute atomic E-state index is 0.0990. The number of hydrogen-bond acceptors (Lipinski definition) is 4. The summed E-state index contributed by atoms with van der Waals surface area (Å²) in [7, 11) is 0. The van der Waals surface area contributed by atoms with Gasteiger partial charge in [0.2, 0.25) is 17.7 Å². The van der Waals surface area contributed by atoms with Gasteiger partial charge in [-0.1, -0.05) is 0 Å². The molecule has 3 aliphatic rings. The van der Waals surface area contributed by atoms with Crippen molar-refractivity contribution in [2.24, 2.45) is 17.8 Å². The van der Waals surface area contributed by atoms with Gasteiger partial charge in [0.25, 0.3) is 6.08 Å². The molecule has 0 aromatic carbocycles. The second-order valence-electron chi connectivity index (χ2n) is 8.07. The number of carbonyl (C=O) groups excluding carboxylic acids is 3. The molecule has 15 heteroatoms. The molecule has 3 saturated heterocycles. The van der Waals surface area contributed by atoms with Crippen LogP contribution in [-0.4, -0.2) is 63.8 Å². The van der Waals surface area contributed by atoms with Gasteiger partial charge in [0, 0.05) is 57.7 Å². The lowest BCUT2D eigenvalue weighted by molar-refractivity contribution is -0.130. The number of hydrogen-bond donors (Lipinski definition) is 3. The fourth-order valence-electron chi connectivity index (χ4n) is 3.51. The fraction of sp³-hybridized carbons (Fsp3) is 0.737. The zero-order chi connectivity index (χ0) is 26.1. The summed E-state index contributed by atoms with van der Waals surface area (Å²) in [6.07, 6.45) is -1.01. The van der Waals surface area contributed by atoms with Gasteiger partial charge < -0.3 is 20.6 Å². The van der Waals surface area contributed by atoms with Crippen LogP contribution in [0.4, 0.5) is 26.3 Å². The molecular formula is C19H25Br2F6N3O4. The number of likely N-dealkylation sites (tertiary alicyclic amines) is 1. The Morgan fingerprint density at radius 1 is 0.941 bits per heavy atom. The Balaban J connectivity index is 0.000000257. The number of halogens is 8. The summed E-state index contributed by atoms with van der Waals surface area (Å²) < 4.78 is 72.5. The van der Waals surface area contributed by atoms with Crippen LogP contribution >= 0.6 is 31.9 Å². The maximum atomic E-state index is 12.5. The molecule has 3 aliphatic heterocycles. The van der Waals surface area contributed by atoms with Gasteiger partial charge in [0.1, 0.15) is 6.73 Å². The lowest BCUT2D eigenvalue weighted by Gasteiger charge is -2.14. The molecule has 3 rings (SSSR count). The number of aliphatic hydroxyl groups excluding tert-OH is 1. The molecule has 0 aromatic heterocycles. The van der Waals surface area contributed by atoms with E-state index < -0.39 is 15.7 Å². The summed E-state index contributed by atoms with van der Waals surface area (Å²) in [4.78, 5) is 27.5. The normalized spacial score (nSPS) is 24.6. The Bertz CT molecular complexity index is 745. The Labute approximate surface area is 208 Å². The van der Waals surface area contributed by atoms with Crippen LogP contribution in [0, 0.1) is 17.8 Å². The van der Waals surface area contributed by atoms with Crippen molar-refractivity contribution in [2.45, 2.75) is 41.8 Å². The summed E-state index contributed by atoms with van der Waals surface area (Å²) in [5.41, 5.74) is 0. The van der Waals surface area contributed by atoms with Crippen LogP contribution in [0.5, 0.6) is 0 Å². The molecule has 0 radical (unpaired) electrons. The molecule has 0 bridgehead atoms. The van der Waals surface area contributed by atoms with Crippen molar-refractivity contribution in [1.82, 2.24) is 15.5 Å². The Kier molecular flexibility index (Phi) is 12.3. The van der Waals surface area contributed by atoms with Crippen molar-refractivity contribution in [3.8, 4) is 0 Å². The molecule has 0 saturated carbocycles. The molecule has 0 aromatic rings. The van der Waals surface area contributed by atoms with E-state index >= 15 is 0 Å². The van der Waals surface area contributed by atoms with Gasteiger partial charge >= 0.3 is 9.66 Å². The highest BCUT2D eigenvalue weighted by atomic mass is 79.9. The number of carbonyl (C=O) groups is 3. The number of aliphatic hydroxyl groups is 1. The number of amides is 3. The SMILES string of the molecule is O=C1CC(C=C(F)F)CN1.O=C1CC(CC(F)(F)Br)CN1.O=C1CC(CC(F)(F)Br)CN1CO. The van der Waals surface area contributed by atoms with Crippen molar-refractivity contribution in [1.29, 1.82) is 0 Å². The first-order chi connectivity index (χ1) is 15.6. The second kappa shape index (κ2) is 13.7. The molecular weight excluding hydrogens is 608 g/mol. The largest absolute Gasteiger partial charge is 0.376 e. The minimum Gasteiger partial charge on any atom is -0.376 e. The molecule has 3 fully saturated rings. The van der Waals surface area contributed by atoms with Crippen molar-refractivity contribution in [2.75, 3.05) is 26.4 Å². The predicted octanol–water partition coefficient (Wildman–Crippen LogP) is 3.57. The third kappa shape index (κ3) is 13.5. The van der Waals surface area contributed by atoms with Crippen LogP contribution in [0.1, 0.15) is 32.1 Å². The predicted molar refractivity (Wildman–Crippen MR) is 116 cm³/mol. The van der Waals surface area contributed by atoms with Gasteiger partial charge in [-0.25, -0.2) is 0 Å². The molecule has 196 valence electrons. The Morgan fingerprint density at radius 3 is 1.85 bits per heavy atom. The van der Waals surface area contributed by atoms with E-state index in [1.807, 2.05) is 0 Å². The molecule has 3 amide bonds. The van der Waals surface area contributed by atoms with E-state index in [1.165, 1.54) is 4.90 Å². The average Bonchev–Trinajstić information content (AvgIpc) is 3.33. The van der Waals surface area contributed by atoms with Gasteiger partial charge in [0.05, 0.1) is 0 Å². The molecule has 3 heterocycles. The summed E-state index contributed by atoms with van der Waals surface area (Å²) in [5.74, 6) is -1.44.